The molecule has 8 heteroatoms. The summed E-state index contributed by atoms with van der Waals surface area (Å²) in [6.07, 6.45) is 0. The molecule has 152 valence electrons. The van der Waals surface area contributed by atoms with Crippen molar-refractivity contribution in [2.24, 2.45) is 0 Å². The molecule has 0 radical (unpaired) electrons. The van der Waals surface area contributed by atoms with Gasteiger partial charge in [-0.25, -0.2) is 4.79 Å². The van der Waals surface area contributed by atoms with Gasteiger partial charge in [0.1, 0.15) is 15.6 Å². The van der Waals surface area contributed by atoms with Gasteiger partial charge in [-0.2, -0.15) is 0 Å². The predicted octanol–water partition coefficient (Wildman–Crippen LogP) is 5.42. The monoisotopic (exact) mass is 451 g/mol. The molecule has 2 aromatic carbocycles. The van der Waals surface area contributed by atoms with E-state index in [4.69, 9.17) is 32.7 Å². The predicted molar refractivity (Wildman–Crippen MR) is 116 cm³/mol. The van der Waals surface area contributed by atoms with Crippen molar-refractivity contribution < 1.29 is 19.1 Å². The summed E-state index contributed by atoms with van der Waals surface area (Å²) in [6.45, 7) is 2.47. The topological polar surface area (TPSA) is 55.8 Å². The highest BCUT2D eigenvalue weighted by atomic mass is 35.5. The van der Waals surface area contributed by atoms with E-state index < -0.39 is 5.97 Å². The molecule has 0 bridgehead atoms. The largest absolute Gasteiger partial charge is 0.495 e. The number of benzene rings is 2. The minimum atomic E-state index is -0.657. The lowest BCUT2D eigenvalue weighted by Crippen LogP contribution is -2.34. The summed E-state index contributed by atoms with van der Waals surface area (Å²) in [5.74, 6) is -0.441. The van der Waals surface area contributed by atoms with Gasteiger partial charge in [-0.1, -0.05) is 53.5 Å². The van der Waals surface area contributed by atoms with Crippen molar-refractivity contribution in [3.8, 4) is 5.75 Å². The normalized spacial score (nSPS) is 10.8. The van der Waals surface area contributed by atoms with E-state index in [9.17, 15) is 9.59 Å². The number of likely N-dealkylation sites (N-methyl/N-ethyl adjacent to an activating group) is 1. The Morgan fingerprint density at radius 2 is 1.79 bits per heavy atom. The van der Waals surface area contributed by atoms with Gasteiger partial charge in [-0.3, -0.25) is 4.79 Å². The van der Waals surface area contributed by atoms with Crippen LogP contribution in [0, 0.1) is 0 Å². The van der Waals surface area contributed by atoms with E-state index in [-0.39, 0.29) is 22.4 Å². The Hall–Kier alpha value is -2.28. The first-order valence-electron chi connectivity index (χ1n) is 8.89. The average molecular weight is 452 g/mol. The first-order valence-corrected chi connectivity index (χ1v) is 10.5. The van der Waals surface area contributed by atoms with E-state index in [2.05, 4.69) is 0 Å². The first-order chi connectivity index (χ1) is 14.0. The van der Waals surface area contributed by atoms with Crippen molar-refractivity contribution in [3.63, 3.8) is 0 Å². The Labute approximate surface area is 182 Å². The minimum absolute atomic E-state index is 0.204. The molecule has 0 fully saturated rings. The van der Waals surface area contributed by atoms with Crippen LogP contribution in [0.5, 0.6) is 5.75 Å². The fourth-order valence-electron chi connectivity index (χ4n) is 2.83. The number of rotatable bonds is 7. The molecule has 1 amide bonds. The zero-order chi connectivity index (χ0) is 21.0. The third kappa shape index (κ3) is 4.66. The molecule has 3 rings (SSSR count). The lowest BCUT2D eigenvalue weighted by molar-refractivity contribution is -0.134. The van der Waals surface area contributed by atoms with Gasteiger partial charge in [0.2, 0.25) is 0 Å². The molecule has 1 heterocycles. The van der Waals surface area contributed by atoms with Gasteiger partial charge in [0.15, 0.2) is 6.61 Å². The molecule has 0 aliphatic rings. The molecule has 5 nitrogen and oxygen atoms in total. The maximum atomic E-state index is 12.5. The number of methoxy groups -OCH3 is 1. The number of ether oxygens (including phenoxy) is 2. The third-order valence-corrected chi connectivity index (χ3v) is 6.58. The van der Waals surface area contributed by atoms with Gasteiger partial charge in [0.25, 0.3) is 5.91 Å². The number of hydrogen-bond acceptors (Lipinski definition) is 5. The summed E-state index contributed by atoms with van der Waals surface area (Å²) < 4.78 is 11.1. The maximum absolute atomic E-state index is 12.5. The SMILES string of the molecule is CCN(Cc1ccccc1)C(=O)COC(=O)c1sc2c(Cl)c(OC)ccc2c1Cl. The molecule has 29 heavy (non-hydrogen) atoms. The molecular formula is C21H19Cl2NO4S. The Balaban J connectivity index is 1.70. The molecule has 0 saturated carbocycles. The second-order valence-corrected chi connectivity index (χ2v) is 7.95. The van der Waals surface area contributed by atoms with Crippen molar-refractivity contribution in [1.82, 2.24) is 4.90 Å². The standard InChI is InChI=1S/C21H19Cl2NO4S/c1-3-24(11-13-7-5-4-6-8-13)16(25)12-28-21(26)20-17(22)14-9-10-15(27-2)18(23)19(14)29-20/h4-10H,3,11-12H2,1-2H3. The quantitative estimate of drug-likeness (QED) is 0.449. The number of nitrogens with zero attached hydrogens (tertiary/aromatic N) is 1. The Morgan fingerprint density at radius 3 is 2.45 bits per heavy atom. The highest BCUT2D eigenvalue weighted by molar-refractivity contribution is 7.22. The lowest BCUT2D eigenvalue weighted by Gasteiger charge is -2.20. The second kappa shape index (κ2) is 9.48. The van der Waals surface area contributed by atoms with Gasteiger partial charge in [0, 0.05) is 18.5 Å². The fourth-order valence-corrected chi connectivity index (χ4v) is 4.61. The smallest absolute Gasteiger partial charge is 0.350 e. The van der Waals surface area contributed by atoms with E-state index in [1.54, 1.807) is 17.0 Å². The number of fused-ring (bicyclic) bond motifs is 1. The zero-order valence-electron chi connectivity index (χ0n) is 15.9. The lowest BCUT2D eigenvalue weighted by atomic mass is 10.2. The van der Waals surface area contributed by atoms with Crippen LogP contribution >= 0.6 is 34.5 Å². The van der Waals surface area contributed by atoms with Crippen molar-refractivity contribution >= 4 is 56.5 Å². The summed E-state index contributed by atoms with van der Waals surface area (Å²) in [5.41, 5.74) is 1.00. The van der Waals surface area contributed by atoms with Crippen LogP contribution in [-0.4, -0.2) is 37.0 Å². The molecular weight excluding hydrogens is 433 g/mol. The van der Waals surface area contributed by atoms with Gasteiger partial charge in [0.05, 0.1) is 16.8 Å². The third-order valence-electron chi connectivity index (χ3n) is 4.38. The van der Waals surface area contributed by atoms with Gasteiger partial charge in [-0.05, 0) is 24.6 Å². The zero-order valence-corrected chi connectivity index (χ0v) is 18.2. The molecule has 0 aliphatic heterocycles. The number of halogens is 2. The summed E-state index contributed by atoms with van der Waals surface area (Å²) >= 11 is 13.8. The second-order valence-electron chi connectivity index (χ2n) is 6.17. The van der Waals surface area contributed by atoms with Crippen LogP contribution in [0.25, 0.3) is 10.1 Å². The van der Waals surface area contributed by atoms with Crippen LogP contribution in [-0.2, 0) is 16.1 Å². The van der Waals surface area contributed by atoms with Crippen LogP contribution in [0.1, 0.15) is 22.2 Å². The molecule has 3 aromatic rings. The highest BCUT2D eigenvalue weighted by Gasteiger charge is 2.23. The number of carbonyl (C=O) groups excluding carboxylic acids is 2. The van der Waals surface area contributed by atoms with Crippen molar-refractivity contribution in [1.29, 1.82) is 0 Å². The Bertz CT molecular complexity index is 1040. The number of amides is 1. The number of esters is 1. The van der Waals surface area contributed by atoms with Gasteiger partial charge < -0.3 is 14.4 Å². The summed E-state index contributed by atoms with van der Waals surface area (Å²) in [4.78, 5) is 26.9. The Kier molecular flexibility index (Phi) is 7.00. The van der Waals surface area contributed by atoms with Gasteiger partial charge >= 0.3 is 5.97 Å². The molecule has 0 aliphatic carbocycles. The molecule has 0 unspecified atom stereocenters. The van der Waals surface area contributed by atoms with Crippen molar-refractivity contribution in [2.45, 2.75) is 13.5 Å². The minimum Gasteiger partial charge on any atom is -0.495 e. The summed E-state index contributed by atoms with van der Waals surface area (Å²) in [7, 11) is 1.51. The average Bonchev–Trinajstić information content (AvgIpc) is 3.08. The van der Waals surface area contributed by atoms with Crippen molar-refractivity contribution in [3.05, 3.63) is 63.0 Å². The summed E-state index contributed by atoms with van der Waals surface area (Å²) in [6, 6.07) is 13.0. The van der Waals surface area contributed by atoms with E-state index in [1.165, 1.54) is 7.11 Å². The molecule has 0 spiro atoms. The molecule has 0 N–H and O–H groups in total. The van der Waals surface area contributed by atoms with E-state index in [0.717, 1.165) is 16.9 Å². The molecule has 0 atom stereocenters. The van der Waals surface area contributed by atoms with Gasteiger partial charge in [-0.15, -0.1) is 11.3 Å². The molecule has 0 saturated heterocycles. The van der Waals surface area contributed by atoms with Crippen LogP contribution in [0.15, 0.2) is 42.5 Å². The maximum Gasteiger partial charge on any atom is 0.350 e. The van der Waals surface area contributed by atoms with Crippen LogP contribution in [0.4, 0.5) is 0 Å². The summed E-state index contributed by atoms with van der Waals surface area (Å²) in [5, 5.41) is 1.27. The Morgan fingerprint density at radius 1 is 1.07 bits per heavy atom. The number of carbonyl (C=O) groups is 2. The number of thiophene rings is 1. The highest BCUT2D eigenvalue weighted by Crippen LogP contribution is 2.43. The van der Waals surface area contributed by atoms with E-state index >= 15 is 0 Å². The van der Waals surface area contributed by atoms with Crippen LogP contribution < -0.4 is 4.74 Å². The van der Waals surface area contributed by atoms with E-state index in [0.29, 0.717) is 33.9 Å². The van der Waals surface area contributed by atoms with E-state index in [1.807, 2.05) is 37.3 Å². The fraction of sp³-hybridized carbons (Fsp3) is 0.238. The number of hydrogen-bond donors (Lipinski definition) is 0. The first kappa shape index (κ1) is 21.4. The molecule has 1 aromatic heterocycles. The van der Waals surface area contributed by atoms with Crippen LogP contribution in [0.3, 0.4) is 0 Å². The van der Waals surface area contributed by atoms with Crippen molar-refractivity contribution in [2.75, 3.05) is 20.3 Å². The van der Waals surface area contributed by atoms with Crippen LogP contribution in [0.2, 0.25) is 10.0 Å².